The zero-order chi connectivity index (χ0) is 15.2. The average Bonchev–Trinajstić information content (AvgIpc) is 2.88. The molecule has 1 fully saturated rings. The Bertz CT molecular complexity index is 455. The molecule has 126 valence electrons. The number of aromatic nitrogens is 2. The van der Waals surface area contributed by atoms with Gasteiger partial charge in [-0.05, 0) is 38.6 Å². The molecule has 1 aromatic heterocycles. The van der Waals surface area contributed by atoms with Crippen molar-refractivity contribution in [2.75, 3.05) is 7.05 Å². The zero-order valence-electron chi connectivity index (χ0n) is 13.8. The zero-order valence-corrected chi connectivity index (χ0v) is 14.7. The van der Waals surface area contributed by atoms with Gasteiger partial charge in [-0.2, -0.15) is 5.10 Å². The van der Waals surface area contributed by atoms with Crippen molar-refractivity contribution in [3.63, 3.8) is 0 Å². The lowest BCUT2D eigenvalue weighted by Crippen LogP contribution is -2.43. The molecule has 1 atom stereocenters. The van der Waals surface area contributed by atoms with E-state index in [4.69, 9.17) is 0 Å². The SMILES string of the molecule is CCCC1CCC(NC(=O)C(NC)c2cnn(C)c2)CC1.Cl. The van der Waals surface area contributed by atoms with Gasteiger partial charge in [0.1, 0.15) is 6.04 Å². The van der Waals surface area contributed by atoms with Crippen LogP contribution in [0.25, 0.3) is 0 Å². The topological polar surface area (TPSA) is 59.0 Å². The first-order valence-electron chi connectivity index (χ1n) is 8.10. The molecule has 22 heavy (non-hydrogen) atoms. The minimum absolute atomic E-state index is 0. The number of nitrogens with zero attached hydrogens (tertiary/aromatic N) is 2. The molecule has 1 unspecified atom stereocenters. The summed E-state index contributed by atoms with van der Waals surface area (Å²) in [6.45, 7) is 2.25. The molecule has 0 bridgehead atoms. The second-order valence-corrected chi connectivity index (χ2v) is 6.18. The van der Waals surface area contributed by atoms with E-state index >= 15 is 0 Å². The predicted octanol–water partition coefficient (Wildman–Crippen LogP) is 2.58. The largest absolute Gasteiger partial charge is 0.352 e. The van der Waals surface area contributed by atoms with Gasteiger partial charge >= 0.3 is 0 Å². The molecule has 0 aromatic carbocycles. The van der Waals surface area contributed by atoms with E-state index in [1.807, 2.05) is 20.3 Å². The summed E-state index contributed by atoms with van der Waals surface area (Å²) in [6, 6.07) is 0.0187. The Morgan fingerprint density at radius 2 is 2.09 bits per heavy atom. The highest BCUT2D eigenvalue weighted by molar-refractivity contribution is 5.85. The first kappa shape index (κ1) is 19.0. The number of amides is 1. The maximum Gasteiger partial charge on any atom is 0.242 e. The van der Waals surface area contributed by atoms with E-state index < -0.39 is 0 Å². The van der Waals surface area contributed by atoms with Gasteiger partial charge in [0.25, 0.3) is 0 Å². The number of likely N-dealkylation sites (N-methyl/N-ethyl adjacent to an activating group) is 1. The van der Waals surface area contributed by atoms with E-state index in [-0.39, 0.29) is 24.4 Å². The summed E-state index contributed by atoms with van der Waals surface area (Å²) >= 11 is 0. The summed E-state index contributed by atoms with van der Waals surface area (Å²) in [4.78, 5) is 12.4. The van der Waals surface area contributed by atoms with Crippen LogP contribution in [0.5, 0.6) is 0 Å². The van der Waals surface area contributed by atoms with Gasteiger partial charge in [-0.3, -0.25) is 9.48 Å². The number of carbonyl (C=O) groups is 1. The molecule has 2 N–H and O–H groups in total. The van der Waals surface area contributed by atoms with E-state index in [1.54, 1.807) is 10.9 Å². The van der Waals surface area contributed by atoms with Crippen LogP contribution < -0.4 is 10.6 Å². The number of hydrogen-bond acceptors (Lipinski definition) is 3. The standard InChI is InChI=1S/C16H28N4O.ClH/c1-4-5-12-6-8-14(9-7-12)19-16(21)15(17-2)13-10-18-20(3)11-13;/h10-12,14-15,17H,4-9H2,1-3H3,(H,19,21);1H. The highest BCUT2D eigenvalue weighted by Gasteiger charge is 2.26. The molecule has 2 rings (SSSR count). The third kappa shape index (κ3) is 4.99. The first-order valence-corrected chi connectivity index (χ1v) is 8.10. The average molecular weight is 329 g/mol. The lowest BCUT2D eigenvalue weighted by Gasteiger charge is -2.30. The third-order valence-corrected chi connectivity index (χ3v) is 4.50. The second-order valence-electron chi connectivity index (χ2n) is 6.18. The van der Waals surface area contributed by atoms with Crippen molar-refractivity contribution in [3.05, 3.63) is 18.0 Å². The molecule has 1 amide bonds. The van der Waals surface area contributed by atoms with Crippen molar-refractivity contribution in [3.8, 4) is 0 Å². The molecule has 1 aromatic rings. The van der Waals surface area contributed by atoms with E-state index in [9.17, 15) is 4.79 Å². The number of hydrogen-bond donors (Lipinski definition) is 2. The maximum absolute atomic E-state index is 12.4. The quantitative estimate of drug-likeness (QED) is 0.843. The lowest BCUT2D eigenvalue weighted by atomic mass is 9.83. The highest BCUT2D eigenvalue weighted by atomic mass is 35.5. The summed E-state index contributed by atoms with van der Waals surface area (Å²) in [7, 11) is 3.68. The molecular weight excluding hydrogens is 300 g/mol. The normalized spacial score (nSPS) is 22.7. The van der Waals surface area contributed by atoms with Crippen LogP contribution in [0.3, 0.4) is 0 Å². The van der Waals surface area contributed by atoms with Gasteiger partial charge in [0.05, 0.1) is 6.20 Å². The molecular formula is C16H29ClN4O. The van der Waals surface area contributed by atoms with Crippen LogP contribution in [-0.4, -0.2) is 28.8 Å². The summed E-state index contributed by atoms with van der Waals surface area (Å²) in [5.74, 6) is 0.922. The summed E-state index contributed by atoms with van der Waals surface area (Å²) in [5.41, 5.74) is 0.914. The fourth-order valence-electron chi connectivity index (χ4n) is 3.33. The Labute approximate surface area is 139 Å². The minimum Gasteiger partial charge on any atom is -0.352 e. The van der Waals surface area contributed by atoms with Crippen LogP contribution in [-0.2, 0) is 11.8 Å². The molecule has 1 aliphatic carbocycles. The lowest BCUT2D eigenvalue weighted by molar-refractivity contribution is -0.124. The fraction of sp³-hybridized carbons (Fsp3) is 0.750. The Morgan fingerprint density at radius 3 is 2.59 bits per heavy atom. The summed E-state index contributed by atoms with van der Waals surface area (Å²) in [6.07, 6.45) is 10.9. The van der Waals surface area contributed by atoms with Crippen LogP contribution in [0.4, 0.5) is 0 Å². The number of aryl methyl sites for hydroxylation is 1. The van der Waals surface area contributed by atoms with Gasteiger partial charge in [-0.25, -0.2) is 0 Å². The van der Waals surface area contributed by atoms with Crippen LogP contribution >= 0.6 is 12.4 Å². The highest BCUT2D eigenvalue weighted by Crippen LogP contribution is 2.28. The smallest absolute Gasteiger partial charge is 0.242 e. The molecule has 1 heterocycles. The van der Waals surface area contributed by atoms with Crippen LogP contribution in [0.2, 0.25) is 0 Å². The van der Waals surface area contributed by atoms with Crippen LogP contribution in [0.1, 0.15) is 57.1 Å². The Balaban J connectivity index is 0.00000242. The van der Waals surface area contributed by atoms with E-state index in [1.165, 1.54) is 25.7 Å². The van der Waals surface area contributed by atoms with Gasteiger partial charge in [0.2, 0.25) is 5.91 Å². The van der Waals surface area contributed by atoms with Gasteiger partial charge in [0, 0.05) is 24.8 Å². The number of halogens is 1. The van der Waals surface area contributed by atoms with Crippen LogP contribution in [0.15, 0.2) is 12.4 Å². The first-order chi connectivity index (χ1) is 10.1. The monoisotopic (exact) mass is 328 g/mol. The number of rotatable bonds is 6. The van der Waals surface area contributed by atoms with Crippen molar-refractivity contribution in [2.24, 2.45) is 13.0 Å². The summed E-state index contributed by atoms with van der Waals surface area (Å²) in [5, 5.41) is 10.4. The predicted molar refractivity (Wildman–Crippen MR) is 91.1 cm³/mol. The maximum atomic E-state index is 12.4. The van der Waals surface area contributed by atoms with E-state index in [0.29, 0.717) is 6.04 Å². The van der Waals surface area contributed by atoms with Gasteiger partial charge < -0.3 is 10.6 Å². The van der Waals surface area contributed by atoms with Crippen molar-refractivity contribution in [2.45, 2.75) is 57.5 Å². The molecule has 5 nitrogen and oxygen atoms in total. The van der Waals surface area contributed by atoms with Gasteiger partial charge in [-0.15, -0.1) is 12.4 Å². The molecule has 0 aliphatic heterocycles. The summed E-state index contributed by atoms with van der Waals surface area (Å²) < 4.78 is 1.73. The van der Waals surface area contributed by atoms with Crippen LogP contribution in [0, 0.1) is 5.92 Å². The van der Waals surface area contributed by atoms with Crippen molar-refractivity contribution < 1.29 is 4.79 Å². The third-order valence-electron chi connectivity index (χ3n) is 4.50. The molecule has 1 aliphatic rings. The van der Waals surface area contributed by atoms with Gasteiger partial charge in [0.15, 0.2) is 0 Å². The van der Waals surface area contributed by atoms with E-state index in [2.05, 4.69) is 22.7 Å². The number of carbonyl (C=O) groups excluding carboxylic acids is 1. The van der Waals surface area contributed by atoms with Crippen molar-refractivity contribution in [1.82, 2.24) is 20.4 Å². The Hall–Kier alpha value is -1.07. The van der Waals surface area contributed by atoms with Crippen molar-refractivity contribution in [1.29, 1.82) is 0 Å². The Morgan fingerprint density at radius 1 is 1.41 bits per heavy atom. The molecule has 0 radical (unpaired) electrons. The molecule has 1 saturated carbocycles. The van der Waals surface area contributed by atoms with Gasteiger partial charge in [-0.1, -0.05) is 19.8 Å². The minimum atomic E-state index is -0.313. The molecule has 0 spiro atoms. The van der Waals surface area contributed by atoms with E-state index in [0.717, 1.165) is 24.3 Å². The molecule has 6 heteroatoms. The Kier molecular flexibility index (Phi) is 7.90. The number of nitrogens with one attached hydrogen (secondary N) is 2. The molecule has 0 saturated heterocycles. The fourth-order valence-corrected chi connectivity index (χ4v) is 3.33. The van der Waals surface area contributed by atoms with Crippen molar-refractivity contribution >= 4 is 18.3 Å². The second kappa shape index (κ2) is 9.16.